The molecule has 1 aliphatic rings. The molecule has 0 saturated heterocycles. The molecule has 94 valence electrons. The maximum absolute atomic E-state index is 12.0. The zero-order valence-corrected chi connectivity index (χ0v) is 11.4. The fourth-order valence-corrected chi connectivity index (χ4v) is 2.03. The van der Waals surface area contributed by atoms with Gasteiger partial charge in [-0.1, -0.05) is 34.9 Å². The van der Waals surface area contributed by atoms with Gasteiger partial charge >= 0.3 is 0 Å². The second kappa shape index (κ2) is 5.40. The number of carbonyl (C=O) groups is 1. The van der Waals surface area contributed by atoms with Crippen molar-refractivity contribution in [3.63, 3.8) is 0 Å². The third-order valence-electron chi connectivity index (χ3n) is 3.18. The Bertz CT molecular complexity index is 500. The van der Waals surface area contributed by atoms with E-state index in [1.54, 1.807) is 6.08 Å². The number of nitrogens with zero attached hydrogens (tertiary/aromatic N) is 1. The Kier molecular flexibility index (Phi) is 3.87. The quantitative estimate of drug-likeness (QED) is 0.589. The highest BCUT2D eigenvalue weighted by Gasteiger charge is 2.18. The van der Waals surface area contributed by atoms with E-state index in [1.807, 2.05) is 35.2 Å². The van der Waals surface area contributed by atoms with Crippen molar-refractivity contribution in [2.75, 3.05) is 13.1 Å². The van der Waals surface area contributed by atoms with E-state index in [4.69, 9.17) is 11.6 Å². The fraction of sp³-hybridized carbons (Fsp3) is 0.267. The Balaban J connectivity index is 1.98. The Morgan fingerprint density at radius 2 is 1.72 bits per heavy atom. The van der Waals surface area contributed by atoms with E-state index < -0.39 is 0 Å². The van der Waals surface area contributed by atoms with E-state index in [0.717, 1.165) is 18.7 Å². The fourth-order valence-electron chi connectivity index (χ4n) is 1.90. The van der Waals surface area contributed by atoms with E-state index in [9.17, 15) is 4.79 Å². The Morgan fingerprint density at radius 1 is 1.17 bits per heavy atom. The highest BCUT2D eigenvalue weighted by molar-refractivity contribution is 6.30. The summed E-state index contributed by atoms with van der Waals surface area (Å²) >= 11 is 5.81. The standard InChI is InChI=1S/C15H16ClNO/c1-11-9-17(10-12(11)2)15(18)8-5-13-3-6-14(16)7-4-13/h3-8H,9-10H2,1-2H3. The molecule has 18 heavy (non-hydrogen) atoms. The lowest BCUT2D eigenvalue weighted by Gasteiger charge is -2.13. The van der Waals surface area contributed by atoms with Crippen LogP contribution in [0.5, 0.6) is 0 Å². The molecule has 2 rings (SSSR count). The summed E-state index contributed by atoms with van der Waals surface area (Å²) in [5.74, 6) is 0.0566. The lowest BCUT2D eigenvalue weighted by atomic mass is 10.2. The van der Waals surface area contributed by atoms with E-state index >= 15 is 0 Å². The van der Waals surface area contributed by atoms with Crippen LogP contribution in [0.3, 0.4) is 0 Å². The maximum Gasteiger partial charge on any atom is 0.247 e. The van der Waals surface area contributed by atoms with Crippen LogP contribution in [0, 0.1) is 0 Å². The van der Waals surface area contributed by atoms with Crippen LogP contribution < -0.4 is 0 Å². The van der Waals surface area contributed by atoms with Crippen LogP contribution >= 0.6 is 11.6 Å². The summed E-state index contributed by atoms with van der Waals surface area (Å²) in [4.78, 5) is 13.8. The molecule has 2 nitrogen and oxygen atoms in total. The smallest absolute Gasteiger partial charge is 0.247 e. The van der Waals surface area contributed by atoms with Gasteiger partial charge < -0.3 is 4.90 Å². The summed E-state index contributed by atoms with van der Waals surface area (Å²) in [5, 5.41) is 0.702. The predicted octanol–water partition coefficient (Wildman–Crippen LogP) is 3.53. The molecule has 0 unspecified atom stereocenters. The van der Waals surface area contributed by atoms with Crippen LogP contribution in [0.15, 0.2) is 41.5 Å². The monoisotopic (exact) mass is 261 g/mol. The van der Waals surface area contributed by atoms with Crippen molar-refractivity contribution < 1.29 is 4.79 Å². The average molecular weight is 262 g/mol. The van der Waals surface area contributed by atoms with E-state index in [1.165, 1.54) is 11.1 Å². The van der Waals surface area contributed by atoms with Gasteiger partial charge in [-0.3, -0.25) is 4.79 Å². The van der Waals surface area contributed by atoms with E-state index in [-0.39, 0.29) is 5.91 Å². The predicted molar refractivity (Wildman–Crippen MR) is 75.4 cm³/mol. The van der Waals surface area contributed by atoms with Crippen molar-refractivity contribution in [2.24, 2.45) is 0 Å². The number of carbonyl (C=O) groups excluding carboxylic acids is 1. The number of hydrogen-bond acceptors (Lipinski definition) is 1. The van der Waals surface area contributed by atoms with Gasteiger partial charge in [0.1, 0.15) is 0 Å². The molecule has 0 radical (unpaired) electrons. The van der Waals surface area contributed by atoms with Crippen molar-refractivity contribution in [3.05, 3.63) is 52.1 Å². The average Bonchev–Trinajstić information content (AvgIpc) is 2.69. The van der Waals surface area contributed by atoms with E-state index in [2.05, 4.69) is 13.8 Å². The van der Waals surface area contributed by atoms with Crippen molar-refractivity contribution in [3.8, 4) is 0 Å². The SMILES string of the molecule is CC1=C(C)CN(C(=O)C=Cc2ccc(Cl)cc2)C1. The van der Waals surface area contributed by atoms with Crippen molar-refractivity contribution in [2.45, 2.75) is 13.8 Å². The summed E-state index contributed by atoms with van der Waals surface area (Å²) in [7, 11) is 0. The summed E-state index contributed by atoms with van der Waals surface area (Å²) in [5.41, 5.74) is 3.57. The van der Waals surface area contributed by atoms with Crippen molar-refractivity contribution in [1.29, 1.82) is 0 Å². The molecule has 1 heterocycles. The van der Waals surface area contributed by atoms with Crippen LogP contribution in [-0.2, 0) is 4.79 Å². The molecule has 0 aromatic heterocycles. The van der Waals surface area contributed by atoms with Crippen LogP contribution in [0.2, 0.25) is 5.02 Å². The van der Waals surface area contributed by atoms with Gasteiger partial charge in [-0.2, -0.15) is 0 Å². The number of amides is 1. The topological polar surface area (TPSA) is 20.3 Å². The molecule has 0 fully saturated rings. The number of rotatable bonds is 2. The largest absolute Gasteiger partial charge is 0.331 e. The first-order valence-corrected chi connectivity index (χ1v) is 6.32. The van der Waals surface area contributed by atoms with Crippen LogP contribution in [0.25, 0.3) is 6.08 Å². The normalized spacial score (nSPS) is 15.8. The molecule has 0 bridgehead atoms. The van der Waals surface area contributed by atoms with Crippen LogP contribution in [-0.4, -0.2) is 23.9 Å². The minimum Gasteiger partial charge on any atom is -0.331 e. The summed E-state index contributed by atoms with van der Waals surface area (Å²) in [6, 6.07) is 7.42. The van der Waals surface area contributed by atoms with E-state index in [0.29, 0.717) is 5.02 Å². The summed E-state index contributed by atoms with van der Waals surface area (Å²) in [6.45, 7) is 5.64. The summed E-state index contributed by atoms with van der Waals surface area (Å²) < 4.78 is 0. The minimum absolute atomic E-state index is 0.0566. The molecular formula is C15H16ClNO. The second-order valence-corrected chi connectivity index (χ2v) is 5.08. The third kappa shape index (κ3) is 3.02. The zero-order chi connectivity index (χ0) is 13.1. The molecule has 1 aromatic rings. The van der Waals surface area contributed by atoms with Crippen LogP contribution in [0.1, 0.15) is 19.4 Å². The Morgan fingerprint density at radius 3 is 2.28 bits per heavy atom. The third-order valence-corrected chi connectivity index (χ3v) is 3.44. The molecule has 1 aromatic carbocycles. The summed E-state index contributed by atoms with van der Waals surface area (Å²) in [6.07, 6.45) is 3.44. The van der Waals surface area contributed by atoms with Crippen LogP contribution in [0.4, 0.5) is 0 Å². The molecular weight excluding hydrogens is 246 g/mol. The zero-order valence-electron chi connectivity index (χ0n) is 10.6. The molecule has 3 heteroatoms. The minimum atomic E-state index is 0.0566. The molecule has 1 aliphatic heterocycles. The van der Waals surface area contributed by atoms with Crippen molar-refractivity contribution in [1.82, 2.24) is 4.90 Å². The first-order valence-electron chi connectivity index (χ1n) is 5.94. The van der Waals surface area contributed by atoms with Gasteiger partial charge in [0.2, 0.25) is 5.91 Å². The van der Waals surface area contributed by atoms with Gasteiger partial charge in [0.05, 0.1) is 0 Å². The Hall–Kier alpha value is -1.54. The lowest BCUT2D eigenvalue weighted by molar-refractivity contribution is -0.124. The van der Waals surface area contributed by atoms with Gasteiger partial charge in [-0.15, -0.1) is 0 Å². The lowest BCUT2D eigenvalue weighted by Crippen LogP contribution is -2.27. The molecule has 0 saturated carbocycles. The molecule has 0 atom stereocenters. The highest BCUT2D eigenvalue weighted by atomic mass is 35.5. The second-order valence-electron chi connectivity index (χ2n) is 4.64. The van der Waals surface area contributed by atoms with Gasteiger partial charge in [0.15, 0.2) is 0 Å². The number of hydrogen-bond donors (Lipinski definition) is 0. The van der Waals surface area contributed by atoms with Gasteiger partial charge in [0, 0.05) is 24.2 Å². The molecule has 1 amide bonds. The highest BCUT2D eigenvalue weighted by Crippen LogP contribution is 2.17. The molecule has 0 N–H and O–H groups in total. The van der Waals surface area contributed by atoms with Gasteiger partial charge in [-0.25, -0.2) is 0 Å². The first kappa shape index (κ1) is 12.9. The maximum atomic E-state index is 12.0. The first-order chi connectivity index (χ1) is 8.56. The Labute approximate surface area is 113 Å². The van der Waals surface area contributed by atoms with Gasteiger partial charge in [-0.05, 0) is 37.6 Å². The van der Waals surface area contributed by atoms with Crippen molar-refractivity contribution >= 4 is 23.6 Å². The number of halogens is 1. The number of benzene rings is 1. The van der Waals surface area contributed by atoms with Gasteiger partial charge in [0.25, 0.3) is 0 Å². The molecule has 0 aliphatic carbocycles. The molecule has 0 spiro atoms.